The zero-order valence-corrected chi connectivity index (χ0v) is 40.6. The van der Waals surface area contributed by atoms with E-state index < -0.39 is 46.3 Å². The second-order valence-electron chi connectivity index (χ2n) is 20.9. The Kier molecular flexibility index (Phi) is 14.4. The van der Waals surface area contributed by atoms with E-state index in [1.807, 2.05) is 39.8 Å². The molecule has 0 aliphatic heterocycles. The lowest BCUT2D eigenvalue weighted by atomic mass is 9.91. The average molecular weight is 965 g/mol. The summed E-state index contributed by atoms with van der Waals surface area (Å²) in [4.78, 5) is 21.1. The number of nitrogens with two attached hydrogens (primary N) is 1. The molecule has 8 rings (SSSR count). The van der Waals surface area contributed by atoms with Crippen molar-refractivity contribution < 1.29 is 45.3 Å². The first kappa shape index (κ1) is 51.0. The van der Waals surface area contributed by atoms with Gasteiger partial charge in [-0.25, -0.2) is 23.8 Å². The van der Waals surface area contributed by atoms with Gasteiger partial charge in [-0.1, -0.05) is 27.7 Å². The summed E-state index contributed by atoms with van der Waals surface area (Å²) in [6.45, 7) is 16.5. The first-order chi connectivity index (χ1) is 32.2. The third kappa shape index (κ3) is 13.2. The van der Waals surface area contributed by atoms with Crippen LogP contribution in [0.4, 0.5) is 31.1 Å². The van der Waals surface area contributed by atoms with Gasteiger partial charge < -0.3 is 25.3 Å². The van der Waals surface area contributed by atoms with Crippen molar-refractivity contribution in [1.82, 2.24) is 34.5 Å². The summed E-state index contributed by atoms with van der Waals surface area (Å²) < 4.78 is 104. The fraction of sp³-hybridized carbons (Fsp3) is 0.510. The molecule has 1 amide bonds. The van der Waals surface area contributed by atoms with E-state index in [-0.39, 0.29) is 30.6 Å². The highest BCUT2D eigenvalue weighted by Crippen LogP contribution is 2.43. The van der Waals surface area contributed by atoms with Gasteiger partial charge in [-0.2, -0.15) is 36.5 Å². The van der Waals surface area contributed by atoms with Crippen molar-refractivity contribution in [1.29, 1.82) is 0 Å². The Hall–Kier alpha value is -5.91. The van der Waals surface area contributed by atoms with Crippen molar-refractivity contribution in [3.05, 3.63) is 95.6 Å². The molecule has 12 nitrogen and oxygen atoms in total. The minimum Gasteiger partial charge on any atom is -0.491 e. The predicted molar refractivity (Wildman–Crippen MR) is 251 cm³/mol. The number of benzene rings is 2. The van der Waals surface area contributed by atoms with Crippen molar-refractivity contribution in [2.24, 2.45) is 17.6 Å². The van der Waals surface area contributed by atoms with Crippen LogP contribution in [0.5, 0.6) is 11.5 Å². The number of alkyl halides is 6. The van der Waals surface area contributed by atoms with Crippen molar-refractivity contribution in [2.75, 3.05) is 13.2 Å². The molecule has 18 heteroatoms. The van der Waals surface area contributed by atoms with Crippen LogP contribution < -0.4 is 20.5 Å². The molecule has 2 aliphatic rings. The van der Waals surface area contributed by atoms with Crippen LogP contribution in [0.25, 0.3) is 33.8 Å². The fourth-order valence-electron chi connectivity index (χ4n) is 8.56. The highest BCUT2D eigenvalue weighted by atomic mass is 19.4. The van der Waals surface area contributed by atoms with Gasteiger partial charge in [-0.15, -0.1) is 0 Å². The molecule has 0 bridgehead atoms. The molecule has 3 N–H and O–H groups in total. The highest BCUT2D eigenvalue weighted by Gasteiger charge is 2.38. The maximum absolute atomic E-state index is 14.2. The van der Waals surface area contributed by atoms with Gasteiger partial charge in [0.15, 0.2) is 11.3 Å². The molecule has 0 saturated heterocycles. The van der Waals surface area contributed by atoms with Crippen LogP contribution in [0.2, 0.25) is 0 Å². The van der Waals surface area contributed by atoms with Crippen molar-refractivity contribution in [3.8, 4) is 34.0 Å². The van der Waals surface area contributed by atoms with Crippen LogP contribution in [-0.2, 0) is 17.1 Å². The van der Waals surface area contributed by atoms with Crippen LogP contribution in [0.1, 0.15) is 135 Å². The lowest BCUT2D eigenvalue weighted by Gasteiger charge is -2.33. The topological polar surface area (TPSA) is 143 Å². The Morgan fingerprint density at radius 1 is 0.667 bits per heavy atom. The van der Waals surface area contributed by atoms with E-state index in [1.165, 1.54) is 12.1 Å². The maximum Gasteiger partial charge on any atom is 0.419 e. The van der Waals surface area contributed by atoms with Crippen LogP contribution in [0, 0.1) is 11.8 Å². The summed E-state index contributed by atoms with van der Waals surface area (Å²) in [5.41, 5.74) is 6.96. The minimum absolute atomic E-state index is 0.00296. The van der Waals surface area contributed by atoms with Gasteiger partial charge in [0.05, 0.1) is 39.4 Å². The SMILES string of the molecule is CC(C)C[C@@](C)(COc1ccc(-c2ccnc3cc(C4CC4)nn23)cc1C(F)(F)F)NC(=O)OC(C)(C)C.CC(C)C[C@](C)(N)COc1ccc(-c2ccnc3cc(C4CC4)nn23)cc1C(F)(F)F. The second kappa shape index (κ2) is 19.5. The molecule has 2 saturated carbocycles. The van der Waals surface area contributed by atoms with E-state index in [9.17, 15) is 31.1 Å². The first-order valence-corrected chi connectivity index (χ1v) is 23.4. The largest absolute Gasteiger partial charge is 0.491 e. The summed E-state index contributed by atoms with van der Waals surface area (Å²) in [5, 5.41) is 12.0. The summed E-state index contributed by atoms with van der Waals surface area (Å²) >= 11 is 0. The van der Waals surface area contributed by atoms with E-state index in [2.05, 4.69) is 25.5 Å². The fourth-order valence-corrected chi connectivity index (χ4v) is 8.56. The Labute approximate surface area is 398 Å². The van der Waals surface area contributed by atoms with Crippen molar-refractivity contribution in [3.63, 3.8) is 0 Å². The number of carbonyl (C=O) groups is 1. The monoisotopic (exact) mass is 964 g/mol. The Morgan fingerprint density at radius 2 is 1.10 bits per heavy atom. The predicted octanol–water partition coefficient (Wildman–Crippen LogP) is 12.4. The molecule has 2 fully saturated rings. The number of carbonyl (C=O) groups excluding carboxylic acids is 1. The number of aromatic nitrogens is 6. The summed E-state index contributed by atoms with van der Waals surface area (Å²) in [6, 6.07) is 15.2. The first-order valence-electron chi connectivity index (χ1n) is 23.4. The number of rotatable bonds is 15. The lowest BCUT2D eigenvalue weighted by Crippen LogP contribution is -2.52. The second-order valence-corrected chi connectivity index (χ2v) is 20.9. The third-order valence-electron chi connectivity index (χ3n) is 11.5. The number of hydrogen-bond acceptors (Lipinski definition) is 9. The minimum atomic E-state index is -4.66. The molecule has 4 aromatic heterocycles. The quantitative estimate of drug-likeness (QED) is 0.0961. The van der Waals surface area contributed by atoms with E-state index in [1.54, 1.807) is 80.3 Å². The van der Waals surface area contributed by atoms with Crippen LogP contribution >= 0.6 is 0 Å². The maximum atomic E-state index is 14.2. The van der Waals surface area contributed by atoms with E-state index in [0.717, 1.165) is 49.2 Å². The molecule has 6 aromatic rings. The molecule has 372 valence electrons. The smallest absolute Gasteiger partial charge is 0.419 e. The molecule has 0 radical (unpaired) electrons. The van der Waals surface area contributed by atoms with Gasteiger partial charge >= 0.3 is 18.4 Å². The summed E-state index contributed by atoms with van der Waals surface area (Å²) in [5.74, 6) is 0.735. The molecular formula is C51H62F6N8O4. The van der Waals surface area contributed by atoms with Crippen LogP contribution in [0.15, 0.2) is 73.1 Å². The number of alkyl carbamates (subject to hydrolysis) is 1. The molecule has 2 aliphatic carbocycles. The zero-order valence-electron chi connectivity index (χ0n) is 40.6. The van der Waals surface area contributed by atoms with Crippen molar-refractivity contribution in [2.45, 2.75) is 142 Å². The molecule has 69 heavy (non-hydrogen) atoms. The number of halogens is 6. The molecule has 2 atom stereocenters. The zero-order chi connectivity index (χ0) is 50.3. The van der Waals surface area contributed by atoms with Gasteiger partial charge in [0.25, 0.3) is 0 Å². The standard InChI is InChI=1S/C28H35F3N4O3.C23H27F3N4O/c1-17(2)15-27(6,33-25(36)38-26(3,4)5)16-37-23-10-9-19(13-20(23)28(29,30)31)22-11-12-32-24-14-21(18-7-8-18)34-35(22)24;1-14(2)12-22(3,27)13-31-20-7-6-16(10-17(20)23(24,25)26)19-8-9-28-21-11-18(15-4-5-15)29-30(19)21/h9-14,17-18H,7-8,15-16H2,1-6H3,(H,33,36);6-11,14-15H,4-5,12-13,27H2,1-3H3/t27-;22-/m00/s1. The summed E-state index contributed by atoms with van der Waals surface area (Å²) in [7, 11) is 0. The molecule has 0 spiro atoms. The highest BCUT2D eigenvalue weighted by molar-refractivity contribution is 5.69. The van der Waals surface area contributed by atoms with Crippen LogP contribution in [-0.4, -0.2) is 65.2 Å². The van der Waals surface area contributed by atoms with Gasteiger partial charge in [0.2, 0.25) is 0 Å². The number of nitrogens with zero attached hydrogens (tertiary/aromatic N) is 6. The Bertz CT molecular complexity index is 2770. The third-order valence-corrected chi connectivity index (χ3v) is 11.5. The molecule has 2 aromatic carbocycles. The number of nitrogens with one attached hydrogen (secondary N) is 1. The number of amides is 1. The van der Waals surface area contributed by atoms with Gasteiger partial charge in [-0.3, -0.25) is 0 Å². The molecule has 0 unspecified atom stereocenters. The lowest BCUT2D eigenvalue weighted by molar-refractivity contribution is -0.139. The van der Waals surface area contributed by atoms with Gasteiger partial charge in [-0.05, 0) is 134 Å². The number of ether oxygens (including phenoxy) is 3. The van der Waals surface area contributed by atoms with Gasteiger partial charge in [0.1, 0.15) is 30.3 Å². The normalized spacial score (nSPS) is 16.3. The van der Waals surface area contributed by atoms with Crippen LogP contribution in [0.3, 0.4) is 0 Å². The van der Waals surface area contributed by atoms with Crippen molar-refractivity contribution >= 4 is 17.4 Å². The molecular weight excluding hydrogens is 903 g/mol. The van der Waals surface area contributed by atoms with E-state index in [4.69, 9.17) is 19.9 Å². The number of hydrogen-bond donors (Lipinski definition) is 2. The summed E-state index contributed by atoms with van der Waals surface area (Å²) in [6.07, 6.45) is -1.31. The number of fused-ring (bicyclic) bond motifs is 2. The Morgan fingerprint density at radius 3 is 1.49 bits per heavy atom. The average Bonchev–Trinajstić information content (AvgIpc) is 4.17. The molecule has 4 heterocycles. The van der Waals surface area contributed by atoms with E-state index >= 15 is 0 Å². The van der Waals surface area contributed by atoms with E-state index in [0.29, 0.717) is 64.4 Å². The Balaban J connectivity index is 0.000000208. The van der Waals surface area contributed by atoms with Gasteiger partial charge in [0, 0.05) is 53.0 Å².